The number of hydrogen-bond acceptors (Lipinski definition) is 3. The maximum absolute atomic E-state index is 11.0. The van der Waals surface area contributed by atoms with Gasteiger partial charge in [0.1, 0.15) is 11.4 Å². The number of hydrogen-bond donors (Lipinski definition) is 1. The molecule has 0 spiro atoms. The van der Waals surface area contributed by atoms with Gasteiger partial charge in [0.15, 0.2) is 0 Å². The summed E-state index contributed by atoms with van der Waals surface area (Å²) in [6.07, 6.45) is 13.5. The SMILES string of the molecule is CC(C)(CCCc1cccc(OCCCC23CC4CC(CC(C4)C2)C3)c1)OC(N)=O. The zero-order valence-corrected chi connectivity index (χ0v) is 18.8. The minimum Gasteiger partial charge on any atom is -0.494 e. The molecule has 0 heterocycles. The number of amides is 1. The van der Waals surface area contributed by atoms with Gasteiger partial charge in [-0.15, -0.1) is 0 Å². The molecule has 1 aromatic carbocycles. The molecular formula is C26H39NO3. The highest BCUT2D eigenvalue weighted by atomic mass is 16.6. The molecule has 4 fully saturated rings. The maximum atomic E-state index is 11.0. The van der Waals surface area contributed by atoms with E-state index in [9.17, 15) is 4.79 Å². The fraction of sp³-hybridized carbons (Fsp3) is 0.731. The molecule has 4 nitrogen and oxygen atoms in total. The first-order valence-electron chi connectivity index (χ1n) is 12.0. The van der Waals surface area contributed by atoms with Gasteiger partial charge in [-0.3, -0.25) is 0 Å². The number of nitrogens with two attached hydrogens (primary N) is 1. The third kappa shape index (κ3) is 5.50. The first kappa shape index (κ1) is 21.5. The van der Waals surface area contributed by atoms with Crippen molar-refractivity contribution in [1.29, 1.82) is 0 Å². The number of aryl methyl sites for hydroxylation is 1. The van der Waals surface area contributed by atoms with Gasteiger partial charge in [-0.2, -0.15) is 0 Å². The third-order valence-electron chi connectivity index (χ3n) is 7.80. The number of ether oxygens (including phenoxy) is 2. The van der Waals surface area contributed by atoms with Crippen molar-refractivity contribution in [2.45, 2.75) is 90.1 Å². The summed E-state index contributed by atoms with van der Waals surface area (Å²) in [5.41, 5.74) is 6.55. The summed E-state index contributed by atoms with van der Waals surface area (Å²) in [7, 11) is 0. The van der Waals surface area contributed by atoms with E-state index in [1.807, 2.05) is 13.8 Å². The van der Waals surface area contributed by atoms with Crippen LogP contribution in [0.4, 0.5) is 4.79 Å². The molecule has 4 bridgehead atoms. The van der Waals surface area contributed by atoms with Crippen LogP contribution in [0.3, 0.4) is 0 Å². The second kappa shape index (κ2) is 8.80. The molecular weight excluding hydrogens is 374 g/mol. The second-order valence-electron chi connectivity index (χ2n) is 11.1. The monoisotopic (exact) mass is 413 g/mol. The Hall–Kier alpha value is -1.71. The molecule has 4 aliphatic rings. The van der Waals surface area contributed by atoms with Gasteiger partial charge in [-0.1, -0.05) is 12.1 Å². The molecule has 0 saturated heterocycles. The maximum Gasteiger partial charge on any atom is 0.405 e. The topological polar surface area (TPSA) is 61.6 Å². The van der Waals surface area contributed by atoms with E-state index in [0.717, 1.165) is 49.4 Å². The molecule has 4 aliphatic carbocycles. The van der Waals surface area contributed by atoms with Gasteiger partial charge in [0, 0.05) is 0 Å². The van der Waals surface area contributed by atoms with E-state index < -0.39 is 11.7 Å². The normalized spacial score (nSPS) is 29.7. The lowest BCUT2D eigenvalue weighted by molar-refractivity contribution is -0.0593. The molecule has 0 unspecified atom stereocenters. The minimum absolute atomic E-state index is 0.517. The van der Waals surface area contributed by atoms with Gasteiger partial charge in [0.05, 0.1) is 6.61 Å². The summed E-state index contributed by atoms with van der Waals surface area (Å²) < 4.78 is 11.3. The first-order valence-corrected chi connectivity index (χ1v) is 12.0. The van der Waals surface area contributed by atoms with Gasteiger partial charge < -0.3 is 15.2 Å². The van der Waals surface area contributed by atoms with Crippen LogP contribution in [0.5, 0.6) is 5.75 Å². The van der Waals surface area contributed by atoms with Crippen LogP contribution in [-0.2, 0) is 11.2 Å². The molecule has 1 amide bonds. The number of carbonyl (C=O) groups excluding carboxylic acids is 1. The van der Waals surface area contributed by atoms with E-state index in [-0.39, 0.29) is 0 Å². The van der Waals surface area contributed by atoms with Crippen LogP contribution in [0.15, 0.2) is 24.3 Å². The molecule has 1 aromatic rings. The highest BCUT2D eigenvalue weighted by Gasteiger charge is 2.50. The fourth-order valence-corrected chi connectivity index (χ4v) is 7.07. The van der Waals surface area contributed by atoms with Crippen molar-refractivity contribution in [2.75, 3.05) is 6.61 Å². The van der Waals surface area contributed by atoms with Crippen LogP contribution in [0.2, 0.25) is 0 Å². The number of carbonyl (C=O) groups is 1. The molecule has 30 heavy (non-hydrogen) atoms. The molecule has 0 atom stereocenters. The lowest BCUT2D eigenvalue weighted by atomic mass is 9.48. The quantitative estimate of drug-likeness (QED) is 0.461. The largest absolute Gasteiger partial charge is 0.494 e. The Morgan fingerprint density at radius 3 is 2.40 bits per heavy atom. The zero-order valence-electron chi connectivity index (χ0n) is 18.8. The van der Waals surface area contributed by atoms with E-state index in [1.54, 1.807) is 0 Å². The Bertz CT molecular complexity index is 706. The minimum atomic E-state index is -0.705. The van der Waals surface area contributed by atoms with Crippen LogP contribution in [0, 0.1) is 23.2 Å². The lowest BCUT2D eigenvalue weighted by Crippen LogP contribution is -2.46. The molecule has 4 saturated carbocycles. The molecule has 4 heteroatoms. The third-order valence-corrected chi connectivity index (χ3v) is 7.80. The van der Waals surface area contributed by atoms with E-state index in [4.69, 9.17) is 15.2 Å². The average Bonchev–Trinajstić information content (AvgIpc) is 2.63. The summed E-state index contributed by atoms with van der Waals surface area (Å²) in [6.45, 7) is 4.63. The number of rotatable bonds is 10. The molecule has 2 N–H and O–H groups in total. The van der Waals surface area contributed by atoms with E-state index in [1.165, 1.54) is 56.9 Å². The van der Waals surface area contributed by atoms with Crippen LogP contribution >= 0.6 is 0 Å². The van der Waals surface area contributed by atoms with Crippen molar-refractivity contribution in [3.63, 3.8) is 0 Å². The van der Waals surface area contributed by atoms with Gasteiger partial charge in [-0.05, 0) is 125 Å². The fourth-order valence-electron chi connectivity index (χ4n) is 7.07. The predicted octanol–water partition coefficient (Wildman–Crippen LogP) is 6.26. The Kier molecular flexibility index (Phi) is 6.31. The highest BCUT2D eigenvalue weighted by molar-refractivity contribution is 5.65. The van der Waals surface area contributed by atoms with Gasteiger partial charge in [0.2, 0.25) is 0 Å². The summed E-state index contributed by atoms with van der Waals surface area (Å²) in [6, 6.07) is 8.44. The van der Waals surface area contributed by atoms with Crippen LogP contribution < -0.4 is 10.5 Å². The predicted molar refractivity (Wildman–Crippen MR) is 119 cm³/mol. The van der Waals surface area contributed by atoms with Crippen molar-refractivity contribution < 1.29 is 14.3 Å². The smallest absolute Gasteiger partial charge is 0.405 e. The summed E-state index contributed by atoms with van der Waals surface area (Å²) in [5.74, 6) is 4.08. The highest BCUT2D eigenvalue weighted by Crippen LogP contribution is 2.61. The van der Waals surface area contributed by atoms with Gasteiger partial charge in [-0.25, -0.2) is 4.79 Å². The standard InChI is InChI=1S/C26H39NO3/c1-25(2,30-24(27)28)9-4-7-19-6-3-8-23(15-19)29-11-5-10-26-16-20-12-21(17-26)14-22(13-20)18-26/h3,6,8,15,20-22H,4-5,7,9-14,16-18H2,1-2H3,(H2,27,28). The van der Waals surface area contributed by atoms with Crippen molar-refractivity contribution in [1.82, 2.24) is 0 Å². The molecule has 0 radical (unpaired) electrons. The van der Waals surface area contributed by atoms with Crippen molar-refractivity contribution in [3.8, 4) is 5.75 Å². The van der Waals surface area contributed by atoms with Gasteiger partial charge >= 0.3 is 6.09 Å². The van der Waals surface area contributed by atoms with E-state index in [2.05, 4.69) is 24.3 Å². The van der Waals surface area contributed by atoms with Crippen molar-refractivity contribution >= 4 is 6.09 Å². The van der Waals surface area contributed by atoms with Crippen LogP contribution in [0.1, 0.15) is 83.6 Å². The van der Waals surface area contributed by atoms with Crippen LogP contribution in [-0.4, -0.2) is 18.3 Å². The van der Waals surface area contributed by atoms with E-state index >= 15 is 0 Å². The first-order chi connectivity index (χ1) is 14.3. The molecule has 166 valence electrons. The molecule has 5 rings (SSSR count). The van der Waals surface area contributed by atoms with Crippen molar-refractivity contribution in [2.24, 2.45) is 28.9 Å². The van der Waals surface area contributed by atoms with Crippen molar-refractivity contribution in [3.05, 3.63) is 29.8 Å². The Balaban J connectivity index is 1.19. The Morgan fingerprint density at radius 2 is 1.77 bits per heavy atom. The molecule has 0 aromatic heterocycles. The second-order valence-corrected chi connectivity index (χ2v) is 11.1. The average molecular weight is 414 g/mol. The number of benzene rings is 1. The van der Waals surface area contributed by atoms with E-state index in [0.29, 0.717) is 5.41 Å². The molecule has 0 aliphatic heterocycles. The summed E-state index contributed by atoms with van der Waals surface area (Å²) >= 11 is 0. The Labute approximate surface area is 181 Å². The lowest BCUT2D eigenvalue weighted by Gasteiger charge is -2.57. The zero-order chi connectivity index (χ0) is 21.2. The Morgan fingerprint density at radius 1 is 1.10 bits per heavy atom. The summed E-state index contributed by atoms with van der Waals surface area (Å²) in [4.78, 5) is 11.0. The van der Waals surface area contributed by atoms with Crippen LogP contribution in [0.25, 0.3) is 0 Å². The summed E-state index contributed by atoms with van der Waals surface area (Å²) in [5, 5.41) is 0. The number of primary amides is 1. The van der Waals surface area contributed by atoms with Gasteiger partial charge in [0.25, 0.3) is 0 Å².